The highest BCUT2D eigenvalue weighted by atomic mass is 16.6. The summed E-state index contributed by atoms with van der Waals surface area (Å²) in [6.07, 6.45) is -0.296. The predicted molar refractivity (Wildman–Crippen MR) is 61.7 cm³/mol. The second-order valence-corrected chi connectivity index (χ2v) is 5.07. The Morgan fingerprint density at radius 1 is 1.33 bits per heavy atom. The van der Waals surface area contributed by atoms with Gasteiger partial charge in [0, 0.05) is 18.6 Å². The first kappa shape index (κ1) is 14.2. The molecule has 0 saturated carbocycles. The molecule has 0 heterocycles. The van der Waals surface area contributed by atoms with E-state index in [1.807, 2.05) is 41.5 Å². The van der Waals surface area contributed by atoms with Gasteiger partial charge in [-0.3, -0.25) is 0 Å². The van der Waals surface area contributed by atoms with E-state index in [1.165, 1.54) is 0 Å². The van der Waals surface area contributed by atoms with Crippen LogP contribution in [0, 0.1) is 0 Å². The fourth-order valence-electron chi connectivity index (χ4n) is 1.33. The summed E-state index contributed by atoms with van der Waals surface area (Å²) in [6, 6.07) is 0.0956. The lowest BCUT2D eigenvalue weighted by molar-refractivity contribution is 0.0112. The van der Waals surface area contributed by atoms with Gasteiger partial charge in [-0.2, -0.15) is 0 Å². The summed E-state index contributed by atoms with van der Waals surface area (Å²) in [6.45, 7) is 11.8. The smallest absolute Gasteiger partial charge is 0.410 e. The summed E-state index contributed by atoms with van der Waals surface area (Å²) >= 11 is 0. The zero-order valence-corrected chi connectivity index (χ0v) is 10.7. The third kappa shape index (κ3) is 5.02. The van der Waals surface area contributed by atoms with E-state index in [0.717, 1.165) is 0 Å². The third-order valence-corrected chi connectivity index (χ3v) is 1.98. The summed E-state index contributed by atoms with van der Waals surface area (Å²) in [7, 11) is 0. The highest BCUT2D eigenvalue weighted by molar-refractivity contribution is 5.68. The van der Waals surface area contributed by atoms with Crippen LogP contribution in [0.1, 0.15) is 41.5 Å². The molecular weight excluding hydrogens is 192 g/mol. The number of hydrogen-bond acceptors (Lipinski definition) is 3. The van der Waals surface area contributed by atoms with E-state index in [9.17, 15) is 4.79 Å². The second kappa shape index (κ2) is 5.35. The molecule has 0 aliphatic heterocycles. The van der Waals surface area contributed by atoms with Crippen LogP contribution >= 0.6 is 0 Å². The zero-order chi connectivity index (χ0) is 12.2. The van der Waals surface area contributed by atoms with Crippen molar-refractivity contribution in [3.63, 3.8) is 0 Å². The van der Waals surface area contributed by atoms with Gasteiger partial charge in [0.1, 0.15) is 5.60 Å². The predicted octanol–water partition coefficient (Wildman–Crippen LogP) is 1.98. The maximum atomic E-state index is 11.8. The van der Waals surface area contributed by atoms with E-state index in [1.54, 1.807) is 4.90 Å². The Bertz CT molecular complexity index is 209. The van der Waals surface area contributed by atoms with Crippen LogP contribution in [0.3, 0.4) is 0 Å². The molecule has 0 aromatic heterocycles. The maximum Gasteiger partial charge on any atom is 0.410 e. The van der Waals surface area contributed by atoms with Crippen LogP contribution in [0.25, 0.3) is 0 Å². The van der Waals surface area contributed by atoms with Gasteiger partial charge in [0.2, 0.25) is 0 Å². The van der Waals surface area contributed by atoms with Crippen molar-refractivity contribution >= 4 is 6.09 Å². The highest BCUT2D eigenvalue weighted by Crippen LogP contribution is 2.13. The molecule has 1 amide bonds. The Kier molecular flexibility index (Phi) is 5.08. The second-order valence-electron chi connectivity index (χ2n) is 5.07. The first-order chi connectivity index (χ1) is 6.69. The number of hydrogen-bond donors (Lipinski definition) is 1. The summed E-state index contributed by atoms with van der Waals surface area (Å²) in [4.78, 5) is 13.5. The molecule has 4 heteroatoms. The van der Waals surface area contributed by atoms with Crippen molar-refractivity contribution in [2.45, 2.75) is 59.2 Å². The van der Waals surface area contributed by atoms with Crippen LogP contribution in [0.2, 0.25) is 0 Å². The Morgan fingerprint density at radius 2 is 1.80 bits per heavy atom. The number of nitrogens with zero attached hydrogens (tertiary/aromatic N) is 1. The van der Waals surface area contributed by atoms with Crippen LogP contribution in [-0.4, -0.2) is 35.2 Å². The van der Waals surface area contributed by atoms with Gasteiger partial charge >= 0.3 is 6.09 Å². The molecule has 0 radical (unpaired) electrons. The molecule has 0 aromatic carbocycles. The van der Waals surface area contributed by atoms with Crippen molar-refractivity contribution in [1.29, 1.82) is 0 Å². The van der Waals surface area contributed by atoms with Crippen molar-refractivity contribution in [3.8, 4) is 0 Å². The Balaban J connectivity index is 4.57. The minimum absolute atomic E-state index is 0.000139. The molecule has 0 bridgehead atoms. The molecule has 1 unspecified atom stereocenters. The summed E-state index contributed by atoms with van der Waals surface area (Å²) in [5.74, 6) is 0. The van der Waals surface area contributed by atoms with E-state index in [2.05, 4.69) is 0 Å². The third-order valence-electron chi connectivity index (χ3n) is 1.98. The van der Waals surface area contributed by atoms with Gasteiger partial charge < -0.3 is 15.4 Å². The van der Waals surface area contributed by atoms with E-state index >= 15 is 0 Å². The zero-order valence-electron chi connectivity index (χ0n) is 10.7. The number of carbonyl (C=O) groups is 1. The minimum atomic E-state index is -0.460. The van der Waals surface area contributed by atoms with E-state index < -0.39 is 5.60 Å². The largest absolute Gasteiger partial charge is 0.444 e. The van der Waals surface area contributed by atoms with E-state index in [0.29, 0.717) is 6.54 Å². The molecule has 0 rings (SSSR count). The number of ether oxygens (including phenoxy) is 1. The fraction of sp³-hybridized carbons (Fsp3) is 0.909. The van der Waals surface area contributed by atoms with Crippen LogP contribution in [0.4, 0.5) is 4.79 Å². The molecule has 0 aliphatic rings. The van der Waals surface area contributed by atoms with Crippen molar-refractivity contribution in [2.75, 3.05) is 6.54 Å². The SMILES string of the molecule is CC(C)N(C(=O)OC(C)(C)C)C(C)CN. The molecule has 15 heavy (non-hydrogen) atoms. The summed E-state index contributed by atoms with van der Waals surface area (Å²) < 4.78 is 5.32. The first-order valence-electron chi connectivity index (χ1n) is 5.40. The Morgan fingerprint density at radius 3 is 2.07 bits per heavy atom. The molecule has 90 valence electrons. The number of rotatable bonds is 3. The Hall–Kier alpha value is -0.770. The van der Waals surface area contributed by atoms with Gasteiger partial charge in [0.05, 0.1) is 0 Å². The molecule has 2 N–H and O–H groups in total. The normalized spacial score (nSPS) is 13.9. The quantitative estimate of drug-likeness (QED) is 0.784. The topological polar surface area (TPSA) is 55.6 Å². The molecule has 0 spiro atoms. The van der Waals surface area contributed by atoms with Gasteiger partial charge in [-0.15, -0.1) is 0 Å². The molecule has 1 atom stereocenters. The fourth-order valence-corrected chi connectivity index (χ4v) is 1.33. The number of carbonyl (C=O) groups excluding carboxylic acids is 1. The average Bonchev–Trinajstić information content (AvgIpc) is 1.99. The number of nitrogens with two attached hydrogens (primary N) is 1. The van der Waals surface area contributed by atoms with Crippen molar-refractivity contribution in [1.82, 2.24) is 4.90 Å². The maximum absolute atomic E-state index is 11.8. The van der Waals surface area contributed by atoms with Crippen molar-refractivity contribution in [3.05, 3.63) is 0 Å². The van der Waals surface area contributed by atoms with Crippen LogP contribution in [-0.2, 0) is 4.74 Å². The average molecular weight is 216 g/mol. The van der Waals surface area contributed by atoms with Crippen molar-refractivity contribution in [2.24, 2.45) is 5.73 Å². The molecule has 0 aromatic rings. The summed E-state index contributed by atoms with van der Waals surface area (Å²) in [5.41, 5.74) is 5.10. The van der Waals surface area contributed by atoms with Crippen molar-refractivity contribution < 1.29 is 9.53 Å². The highest BCUT2D eigenvalue weighted by Gasteiger charge is 2.27. The number of amides is 1. The molecule has 0 aliphatic carbocycles. The van der Waals surface area contributed by atoms with Gasteiger partial charge in [-0.05, 0) is 41.5 Å². The van der Waals surface area contributed by atoms with Gasteiger partial charge in [0.25, 0.3) is 0 Å². The van der Waals surface area contributed by atoms with Crippen LogP contribution in [0.15, 0.2) is 0 Å². The van der Waals surface area contributed by atoms with E-state index in [4.69, 9.17) is 10.5 Å². The standard InChI is InChI=1S/C11H24N2O2/c1-8(2)13(9(3)7-12)10(14)15-11(4,5)6/h8-9H,7,12H2,1-6H3. The van der Waals surface area contributed by atoms with Crippen LogP contribution in [0.5, 0.6) is 0 Å². The minimum Gasteiger partial charge on any atom is -0.444 e. The summed E-state index contributed by atoms with van der Waals surface area (Å²) in [5, 5.41) is 0. The first-order valence-corrected chi connectivity index (χ1v) is 5.40. The van der Waals surface area contributed by atoms with Gasteiger partial charge in [-0.25, -0.2) is 4.79 Å². The molecule has 0 fully saturated rings. The lowest BCUT2D eigenvalue weighted by Crippen LogP contribution is -2.48. The van der Waals surface area contributed by atoms with E-state index in [-0.39, 0.29) is 18.2 Å². The van der Waals surface area contributed by atoms with Crippen LogP contribution < -0.4 is 5.73 Å². The lowest BCUT2D eigenvalue weighted by atomic mass is 10.2. The Labute approximate surface area is 92.8 Å². The molecule has 0 saturated heterocycles. The molecular formula is C11H24N2O2. The lowest BCUT2D eigenvalue weighted by Gasteiger charge is -2.34. The van der Waals surface area contributed by atoms with Gasteiger partial charge in [-0.1, -0.05) is 0 Å². The monoisotopic (exact) mass is 216 g/mol. The molecule has 4 nitrogen and oxygen atoms in total. The van der Waals surface area contributed by atoms with Gasteiger partial charge in [0.15, 0.2) is 0 Å².